The van der Waals surface area contributed by atoms with Crippen molar-refractivity contribution >= 4 is 7.26 Å². The number of hydrogen-bond donors (Lipinski definition) is 4. The van der Waals surface area contributed by atoms with Crippen LogP contribution in [0.1, 0.15) is 7.43 Å². The molecule has 0 unspecified atom stereocenters. The van der Waals surface area contributed by atoms with Crippen LogP contribution < -0.4 is 0 Å². The molecule has 4 N–H and O–H groups in total. The molecule has 0 saturated carbocycles. The van der Waals surface area contributed by atoms with Crippen LogP contribution in [-0.2, 0) is 0 Å². The molecule has 0 amide bonds. The largest absolute Gasteiger partial charge is 0.361 e. The minimum Gasteiger partial charge on any atom is -0.361 e. The van der Waals surface area contributed by atoms with Crippen LogP contribution in [0.3, 0.4) is 0 Å². The van der Waals surface area contributed by atoms with Crippen LogP contribution in [0.4, 0.5) is 0 Å². The second-order valence-corrected chi connectivity index (χ2v) is 5.72. The fraction of sp³-hybridized carbons (Fsp3) is 1.00. The Bertz CT molecular complexity index is 56.5. The molecule has 0 atom stereocenters. The van der Waals surface area contributed by atoms with Gasteiger partial charge in [0.2, 0.25) is 0 Å². The van der Waals surface area contributed by atoms with Gasteiger partial charge < -0.3 is 20.4 Å². The lowest BCUT2D eigenvalue weighted by Crippen LogP contribution is -2.10. The SMILES string of the molecule is C.OC[P+](CO)(CO)CO. The van der Waals surface area contributed by atoms with E-state index in [2.05, 4.69) is 0 Å². The summed E-state index contributed by atoms with van der Waals surface area (Å²) in [4.78, 5) is 0. The van der Waals surface area contributed by atoms with E-state index in [1.165, 1.54) is 0 Å². The van der Waals surface area contributed by atoms with Gasteiger partial charge in [-0.1, -0.05) is 7.43 Å². The molecule has 0 rings (SSSR count). The van der Waals surface area contributed by atoms with Crippen LogP contribution in [0.15, 0.2) is 0 Å². The van der Waals surface area contributed by atoms with Crippen molar-refractivity contribution in [2.75, 3.05) is 25.4 Å². The second-order valence-electron chi connectivity index (χ2n) is 1.91. The van der Waals surface area contributed by atoms with Gasteiger partial charge in [0.15, 0.2) is 25.4 Å². The van der Waals surface area contributed by atoms with E-state index in [0.29, 0.717) is 0 Å². The minimum absolute atomic E-state index is 0. The Morgan fingerprint density at radius 1 is 0.700 bits per heavy atom. The second kappa shape index (κ2) is 6.01. The van der Waals surface area contributed by atoms with E-state index >= 15 is 0 Å². The van der Waals surface area contributed by atoms with Crippen molar-refractivity contribution in [3.63, 3.8) is 0 Å². The van der Waals surface area contributed by atoms with Crippen molar-refractivity contribution in [1.82, 2.24) is 0 Å². The Morgan fingerprint density at radius 3 is 0.900 bits per heavy atom. The Hall–Kier alpha value is 0.270. The first-order valence-corrected chi connectivity index (χ1v) is 5.06. The summed E-state index contributed by atoms with van der Waals surface area (Å²) < 4.78 is 0. The van der Waals surface area contributed by atoms with Crippen LogP contribution in [0.5, 0.6) is 0 Å². The number of aliphatic hydroxyl groups is 4. The molecule has 0 radical (unpaired) electrons. The number of rotatable bonds is 4. The molecule has 0 aromatic carbocycles. The van der Waals surface area contributed by atoms with Crippen molar-refractivity contribution in [3.8, 4) is 0 Å². The summed E-state index contributed by atoms with van der Waals surface area (Å²) in [6.45, 7) is 0. The van der Waals surface area contributed by atoms with Crippen molar-refractivity contribution in [3.05, 3.63) is 0 Å². The summed E-state index contributed by atoms with van der Waals surface area (Å²) in [6, 6.07) is 0. The fourth-order valence-corrected chi connectivity index (χ4v) is 0.805. The molecule has 0 spiro atoms. The van der Waals surface area contributed by atoms with E-state index < -0.39 is 7.26 Å². The van der Waals surface area contributed by atoms with Gasteiger partial charge in [0, 0.05) is 0 Å². The van der Waals surface area contributed by atoms with Gasteiger partial charge in [-0.05, 0) is 0 Å². The van der Waals surface area contributed by atoms with Gasteiger partial charge in [-0.2, -0.15) is 0 Å². The molecule has 0 saturated heterocycles. The monoisotopic (exact) mass is 171 g/mol. The lowest BCUT2D eigenvalue weighted by atomic mass is 11.6. The van der Waals surface area contributed by atoms with E-state index in [4.69, 9.17) is 20.4 Å². The minimum atomic E-state index is -2.20. The first-order chi connectivity index (χ1) is 4.24. The Labute approximate surface area is 61.5 Å². The van der Waals surface area contributed by atoms with Gasteiger partial charge in [0.1, 0.15) is 7.26 Å². The number of aliphatic hydroxyl groups excluding tert-OH is 4. The molecule has 0 heterocycles. The Kier molecular flexibility index (Phi) is 7.76. The third-order valence-electron chi connectivity index (χ3n) is 1.20. The normalized spacial score (nSPS) is 10.8. The molecule has 0 aliphatic rings. The highest BCUT2D eigenvalue weighted by molar-refractivity contribution is 7.75. The van der Waals surface area contributed by atoms with Crippen LogP contribution in [-0.4, -0.2) is 45.8 Å². The third kappa shape index (κ3) is 2.90. The molecule has 0 aliphatic carbocycles. The molecule has 0 aromatic rings. The molecule has 0 fully saturated rings. The Balaban J connectivity index is 0. The van der Waals surface area contributed by atoms with Crippen LogP contribution in [0.25, 0.3) is 0 Å². The molecule has 0 aliphatic heterocycles. The average molecular weight is 171 g/mol. The molecule has 4 nitrogen and oxygen atoms in total. The number of hydrogen-bond acceptors (Lipinski definition) is 4. The highest BCUT2D eigenvalue weighted by Crippen LogP contribution is 2.54. The lowest BCUT2D eigenvalue weighted by Gasteiger charge is -2.15. The predicted molar refractivity (Wildman–Crippen MR) is 42.0 cm³/mol. The van der Waals surface area contributed by atoms with Crippen molar-refractivity contribution < 1.29 is 20.4 Å². The zero-order valence-corrected chi connectivity index (χ0v) is 5.96. The van der Waals surface area contributed by atoms with Crippen molar-refractivity contribution in [1.29, 1.82) is 0 Å². The fourth-order valence-electron chi connectivity index (χ4n) is 0.268. The summed E-state index contributed by atoms with van der Waals surface area (Å²) >= 11 is 0. The highest BCUT2D eigenvalue weighted by atomic mass is 31.2. The van der Waals surface area contributed by atoms with E-state index in [0.717, 1.165) is 0 Å². The van der Waals surface area contributed by atoms with Crippen LogP contribution in [0.2, 0.25) is 0 Å². The maximum atomic E-state index is 8.55. The summed E-state index contributed by atoms with van der Waals surface area (Å²) in [5.41, 5.74) is 0. The summed E-state index contributed by atoms with van der Waals surface area (Å²) in [5.74, 6) is 0. The van der Waals surface area contributed by atoms with Gasteiger partial charge >= 0.3 is 0 Å². The maximum absolute atomic E-state index is 8.55. The smallest absolute Gasteiger partial charge is 0.161 e. The Morgan fingerprint density at radius 2 is 0.900 bits per heavy atom. The van der Waals surface area contributed by atoms with Gasteiger partial charge in [-0.3, -0.25) is 0 Å². The topological polar surface area (TPSA) is 80.9 Å². The lowest BCUT2D eigenvalue weighted by molar-refractivity contribution is 0.288. The zero-order valence-electron chi connectivity index (χ0n) is 5.06. The van der Waals surface area contributed by atoms with Gasteiger partial charge in [0.05, 0.1) is 0 Å². The van der Waals surface area contributed by atoms with E-state index in [-0.39, 0.29) is 32.8 Å². The van der Waals surface area contributed by atoms with Gasteiger partial charge in [-0.15, -0.1) is 0 Å². The summed E-state index contributed by atoms with van der Waals surface area (Å²) in [7, 11) is -2.20. The molecule has 0 bridgehead atoms. The quantitative estimate of drug-likeness (QED) is 0.427. The van der Waals surface area contributed by atoms with Crippen molar-refractivity contribution in [2.45, 2.75) is 7.43 Å². The average Bonchev–Trinajstić information content (AvgIpc) is 1.95. The molecular formula is C5H16O4P+. The third-order valence-corrected chi connectivity index (χ3v) is 3.60. The van der Waals surface area contributed by atoms with Crippen molar-refractivity contribution in [2.24, 2.45) is 0 Å². The molecular weight excluding hydrogens is 155 g/mol. The first kappa shape index (κ1) is 12.9. The van der Waals surface area contributed by atoms with Crippen LogP contribution >= 0.6 is 7.26 Å². The highest BCUT2D eigenvalue weighted by Gasteiger charge is 2.34. The molecule has 0 aromatic heterocycles. The van der Waals surface area contributed by atoms with E-state index in [9.17, 15) is 0 Å². The molecule has 10 heavy (non-hydrogen) atoms. The maximum Gasteiger partial charge on any atom is 0.161 e. The summed E-state index contributed by atoms with van der Waals surface area (Å²) in [6.07, 6.45) is -1.18. The predicted octanol–water partition coefficient (Wildman–Crippen LogP) is -0.561. The molecule has 5 heteroatoms. The van der Waals surface area contributed by atoms with E-state index in [1.807, 2.05) is 0 Å². The zero-order chi connectivity index (χ0) is 7.33. The van der Waals surface area contributed by atoms with Crippen LogP contribution in [0, 0.1) is 0 Å². The van der Waals surface area contributed by atoms with Gasteiger partial charge in [0.25, 0.3) is 0 Å². The molecule has 64 valence electrons. The van der Waals surface area contributed by atoms with E-state index in [1.54, 1.807) is 0 Å². The standard InChI is InChI=1S/C4H12O4P.CH4/c5-1-9(2-6,3-7)4-8;/h5-8H,1-4H2;1H4/q+1;. The summed E-state index contributed by atoms with van der Waals surface area (Å²) in [5, 5.41) is 34.2. The first-order valence-electron chi connectivity index (χ1n) is 2.53. The van der Waals surface area contributed by atoms with Gasteiger partial charge in [-0.25, -0.2) is 0 Å².